The molecule has 1 aliphatic heterocycles. The number of carbonyl (C=O) groups excluding carboxylic acids is 2. The number of hydrazone groups is 1. The smallest absolute Gasteiger partial charge is 0.280 e. The maximum atomic E-state index is 12.8. The predicted octanol–water partition coefficient (Wildman–Crippen LogP) is 2.98. The first kappa shape index (κ1) is 17.6. The van der Waals surface area contributed by atoms with Crippen molar-refractivity contribution >= 4 is 29.4 Å². The normalized spacial score (nSPS) is 15.7. The van der Waals surface area contributed by atoms with Crippen LogP contribution in [0.2, 0.25) is 0 Å². The molecule has 0 bridgehead atoms. The van der Waals surface area contributed by atoms with Gasteiger partial charge in [0.1, 0.15) is 0 Å². The van der Waals surface area contributed by atoms with Gasteiger partial charge in [-0.25, -0.2) is 0 Å². The monoisotopic (exact) mass is 347 g/mol. The third-order valence-electron chi connectivity index (χ3n) is 4.30. The Morgan fingerprint density at radius 3 is 2.46 bits per heavy atom. The van der Waals surface area contributed by atoms with E-state index in [4.69, 9.17) is 0 Å². The first-order valence-electron chi connectivity index (χ1n) is 8.40. The first-order chi connectivity index (χ1) is 12.4. The van der Waals surface area contributed by atoms with Crippen molar-refractivity contribution in [2.75, 3.05) is 5.01 Å². The molecule has 5 nitrogen and oxygen atoms in total. The number of hydrogen-bond donors (Lipinski definition) is 0. The molecule has 1 aliphatic rings. The zero-order chi connectivity index (χ0) is 18.8. The Morgan fingerprint density at radius 2 is 1.85 bits per heavy atom. The zero-order valence-corrected chi connectivity index (χ0v) is 14.9. The lowest BCUT2D eigenvalue weighted by molar-refractivity contribution is -0.255. The third-order valence-corrected chi connectivity index (χ3v) is 4.30. The Bertz CT molecular complexity index is 925. The largest absolute Gasteiger partial charge is 0.545 e. The zero-order valence-electron chi connectivity index (χ0n) is 14.9. The van der Waals surface area contributed by atoms with Gasteiger partial charge >= 0.3 is 0 Å². The highest BCUT2D eigenvalue weighted by atomic mass is 16.4. The molecule has 26 heavy (non-hydrogen) atoms. The van der Waals surface area contributed by atoms with E-state index in [1.165, 1.54) is 22.7 Å². The predicted molar refractivity (Wildman–Crippen MR) is 99.9 cm³/mol. The van der Waals surface area contributed by atoms with Crippen LogP contribution < -0.4 is 10.1 Å². The minimum Gasteiger partial charge on any atom is -0.545 e. The molecule has 2 aromatic carbocycles. The number of anilines is 1. The van der Waals surface area contributed by atoms with E-state index in [1.807, 2.05) is 24.3 Å². The molecule has 0 atom stereocenters. The Morgan fingerprint density at radius 1 is 1.15 bits per heavy atom. The summed E-state index contributed by atoms with van der Waals surface area (Å²) in [6.45, 7) is 6.02. The molecule has 0 aliphatic carbocycles. The van der Waals surface area contributed by atoms with Crippen molar-refractivity contribution in [2.24, 2.45) is 5.10 Å². The van der Waals surface area contributed by atoms with Gasteiger partial charge in [0.2, 0.25) is 0 Å². The summed E-state index contributed by atoms with van der Waals surface area (Å²) in [6.07, 6.45) is 1.80. The van der Waals surface area contributed by atoms with E-state index < -0.39 is 5.97 Å². The summed E-state index contributed by atoms with van der Waals surface area (Å²) in [6, 6.07) is 14.0. The van der Waals surface area contributed by atoms with Crippen LogP contribution in [0, 0.1) is 0 Å². The quantitative estimate of drug-likeness (QED) is 0.798. The summed E-state index contributed by atoms with van der Waals surface area (Å²) in [5, 5.41) is 16.5. The van der Waals surface area contributed by atoms with Crippen LogP contribution in [-0.4, -0.2) is 17.6 Å². The Kier molecular flexibility index (Phi) is 4.71. The fourth-order valence-electron chi connectivity index (χ4n) is 2.77. The van der Waals surface area contributed by atoms with Crippen molar-refractivity contribution in [3.63, 3.8) is 0 Å². The molecule has 5 heteroatoms. The summed E-state index contributed by atoms with van der Waals surface area (Å²) in [5.41, 5.74) is 3.62. The lowest BCUT2D eigenvalue weighted by atomic mass is 10.0. The summed E-state index contributed by atoms with van der Waals surface area (Å²) >= 11 is 0. The van der Waals surface area contributed by atoms with Crippen LogP contribution in [-0.2, 0) is 4.79 Å². The first-order valence-corrected chi connectivity index (χ1v) is 8.40. The van der Waals surface area contributed by atoms with Gasteiger partial charge in [0.15, 0.2) is 0 Å². The van der Waals surface area contributed by atoms with Gasteiger partial charge in [-0.3, -0.25) is 4.79 Å². The van der Waals surface area contributed by atoms with Crippen molar-refractivity contribution < 1.29 is 14.7 Å². The van der Waals surface area contributed by atoms with Gasteiger partial charge in [0.25, 0.3) is 5.91 Å². The number of hydrogen-bond acceptors (Lipinski definition) is 4. The van der Waals surface area contributed by atoms with Crippen LogP contribution >= 0.6 is 0 Å². The van der Waals surface area contributed by atoms with Crippen LogP contribution in [0.25, 0.3) is 6.08 Å². The number of nitrogens with zero attached hydrogens (tertiary/aromatic N) is 2. The standard InChI is InChI=1S/C21H20N2O3/c1-13(2)16-9-7-15(8-10-16)11-19-14(3)22-23(20(19)24)18-6-4-5-17(12-18)21(25)26/h4-13H,1-3H3,(H,25,26)/p-1/b19-11-. The van der Waals surface area contributed by atoms with Gasteiger partial charge in [-0.05, 0) is 47.7 Å². The molecule has 0 unspecified atom stereocenters. The molecule has 132 valence electrons. The third kappa shape index (κ3) is 3.42. The average molecular weight is 347 g/mol. The van der Waals surface area contributed by atoms with E-state index in [0.29, 0.717) is 22.9 Å². The number of carboxylic acid groups (broad SMARTS) is 1. The molecule has 0 saturated carbocycles. The highest BCUT2D eigenvalue weighted by Gasteiger charge is 2.28. The van der Waals surface area contributed by atoms with Crippen LogP contribution in [0.15, 0.2) is 59.2 Å². The molecule has 1 heterocycles. The van der Waals surface area contributed by atoms with E-state index in [-0.39, 0.29) is 11.5 Å². The second-order valence-electron chi connectivity index (χ2n) is 6.52. The van der Waals surface area contributed by atoms with Crippen molar-refractivity contribution in [3.05, 3.63) is 70.8 Å². The van der Waals surface area contributed by atoms with Crippen molar-refractivity contribution in [1.29, 1.82) is 0 Å². The summed E-state index contributed by atoms with van der Waals surface area (Å²) in [5.74, 6) is -1.13. The molecule has 3 rings (SSSR count). The van der Waals surface area contributed by atoms with Crippen molar-refractivity contribution in [1.82, 2.24) is 0 Å². The van der Waals surface area contributed by atoms with Gasteiger partial charge < -0.3 is 9.90 Å². The van der Waals surface area contributed by atoms with Gasteiger partial charge in [0, 0.05) is 0 Å². The Labute approximate surface area is 152 Å². The molecule has 0 saturated heterocycles. The molecule has 2 aromatic rings. The molecule has 0 radical (unpaired) electrons. The second kappa shape index (κ2) is 6.96. The Hall–Kier alpha value is -3.21. The molecule has 1 amide bonds. The SMILES string of the molecule is CC1=NN(c2cccc(C(=O)[O-])c2)C(=O)/C1=C\c1ccc(C(C)C)cc1. The van der Waals surface area contributed by atoms with Crippen LogP contribution in [0.3, 0.4) is 0 Å². The summed E-state index contributed by atoms with van der Waals surface area (Å²) in [7, 11) is 0. The van der Waals surface area contributed by atoms with Gasteiger partial charge in [-0.15, -0.1) is 0 Å². The summed E-state index contributed by atoms with van der Waals surface area (Å²) in [4.78, 5) is 23.8. The summed E-state index contributed by atoms with van der Waals surface area (Å²) < 4.78 is 0. The minimum atomic E-state index is -1.29. The van der Waals surface area contributed by atoms with E-state index >= 15 is 0 Å². The van der Waals surface area contributed by atoms with E-state index in [1.54, 1.807) is 25.1 Å². The molecule has 0 fully saturated rings. The van der Waals surface area contributed by atoms with E-state index in [2.05, 4.69) is 18.9 Å². The van der Waals surface area contributed by atoms with Gasteiger partial charge in [-0.2, -0.15) is 10.1 Å². The number of amides is 1. The molecular formula is C21H19N2O3-. The van der Waals surface area contributed by atoms with Crippen LogP contribution in [0.4, 0.5) is 5.69 Å². The molecule has 0 aromatic heterocycles. The molecular weight excluding hydrogens is 328 g/mol. The average Bonchev–Trinajstić information content (AvgIpc) is 2.90. The number of carboxylic acids is 1. The maximum absolute atomic E-state index is 12.8. The number of benzene rings is 2. The van der Waals surface area contributed by atoms with E-state index in [0.717, 1.165) is 5.56 Å². The highest BCUT2D eigenvalue weighted by Crippen LogP contribution is 2.26. The molecule has 0 spiro atoms. The Balaban J connectivity index is 1.90. The second-order valence-corrected chi connectivity index (χ2v) is 6.52. The van der Waals surface area contributed by atoms with Crippen molar-refractivity contribution in [3.8, 4) is 0 Å². The van der Waals surface area contributed by atoms with Gasteiger partial charge in [-0.1, -0.05) is 50.2 Å². The maximum Gasteiger partial charge on any atom is 0.280 e. The minimum absolute atomic E-state index is 0.00450. The van der Waals surface area contributed by atoms with Crippen LogP contribution in [0.5, 0.6) is 0 Å². The van der Waals surface area contributed by atoms with Crippen molar-refractivity contribution in [2.45, 2.75) is 26.7 Å². The number of carbonyl (C=O) groups is 2. The van der Waals surface area contributed by atoms with Crippen LogP contribution in [0.1, 0.15) is 48.2 Å². The number of rotatable bonds is 4. The fraction of sp³-hybridized carbons (Fsp3) is 0.190. The fourth-order valence-corrected chi connectivity index (χ4v) is 2.77. The number of aromatic carboxylic acids is 1. The lowest BCUT2D eigenvalue weighted by Gasteiger charge is -2.13. The topological polar surface area (TPSA) is 72.8 Å². The van der Waals surface area contributed by atoms with E-state index in [9.17, 15) is 14.7 Å². The molecule has 0 N–H and O–H groups in total. The van der Waals surface area contributed by atoms with Gasteiger partial charge in [0.05, 0.1) is 22.9 Å². The lowest BCUT2D eigenvalue weighted by Crippen LogP contribution is -2.24. The highest BCUT2D eigenvalue weighted by molar-refractivity contribution is 6.32.